The number of benzene rings is 2. The maximum absolute atomic E-state index is 13.7. The highest BCUT2D eigenvalue weighted by Crippen LogP contribution is 2.21. The number of hydrogen-bond acceptors (Lipinski definition) is 2. The molecule has 1 atom stereocenters. The Morgan fingerprint density at radius 3 is 2.42 bits per heavy atom. The minimum Gasteiger partial charge on any atom is -0.489 e. The van der Waals surface area contributed by atoms with Crippen molar-refractivity contribution in [3.8, 4) is 5.75 Å². The van der Waals surface area contributed by atoms with Crippen molar-refractivity contribution in [2.75, 3.05) is 0 Å². The summed E-state index contributed by atoms with van der Waals surface area (Å²) >= 11 is 0. The van der Waals surface area contributed by atoms with Crippen molar-refractivity contribution in [1.29, 1.82) is 0 Å². The van der Waals surface area contributed by atoms with Gasteiger partial charge >= 0.3 is 0 Å². The van der Waals surface area contributed by atoms with Crippen LogP contribution in [-0.2, 0) is 6.61 Å². The highest BCUT2D eigenvalue weighted by molar-refractivity contribution is 5.31. The van der Waals surface area contributed by atoms with Gasteiger partial charge in [0.15, 0.2) is 0 Å². The van der Waals surface area contributed by atoms with Gasteiger partial charge in [-0.15, -0.1) is 0 Å². The van der Waals surface area contributed by atoms with Crippen molar-refractivity contribution in [2.24, 2.45) is 5.73 Å². The summed E-state index contributed by atoms with van der Waals surface area (Å²) in [5.41, 5.74) is 8.43. The van der Waals surface area contributed by atoms with Crippen molar-refractivity contribution in [2.45, 2.75) is 26.5 Å². The van der Waals surface area contributed by atoms with Gasteiger partial charge in [0.25, 0.3) is 0 Å². The summed E-state index contributed by atoms with van der Waals surface area (Å²) in [4.78, 5) is 0. The lowest BCUT2D eigenvalue weighted by atomic mass is 10.1. The number of aryl methyl sites for hydroxylation is 1. The Morgan fingerprint density at radius 2 is 1.84 bits per heavy atom. The zero-order valence-corrected chi connectivity index (χ0v) is 11.2. The Hall–Kier alpha value is -1.87. The molecule has 2 N–H and O–H groups in total. The van der Waals surface area contributed by atoms with E-state index in [-0.39, 0.29) is 11.9 Å². The number of nitrogens with two attached hydrogens (primary N) is 1. The van der Waals surface area contributed by atoms with Gasteiger partial charge in [0.1, 0.15) is 18.2 Å². The summed E-state index contributed by atoms with van der Waals surface area (Å²) < 4.78 is 19.3. The summed E-state index contributed by atoms with van der Waals surface area (Å²) in [6.45, 7) is 4.22. The molecule has 0 saturated heterocycles. The van der Waals surface area contributed by atoms with E-state index in [1.165, 1.54) is 11.6 Å². The summed E-state index contributed by atoms with van der Waals surface area (Å²) in [6, 6.07) is 12.5. The minimum absolute atomic E-state index is 0.314. The number of ether oxygens (including phenoxy) is 1. The third-order valence-corrected chi connectivity index (χ3v) is 2.99. The van der Waals surface area contributed by atoms with Crippen LogP contribution in [0, 0.1) is 12.7 Å². The molecule has 0 aromatic heterocycles. The highest BCUT2D eigenvalue weighted by atomic mass is 19.1. The SMILES string of the molecule is Cc1ccc(COc2ccc([C@H](C)N)c(F)c2)cc1. The first-order chi connectivity index (χ1) is 9.06. The first-order valence-corrected chi connectivity index (χ1v) is 6.29. The largest absolute Gasteiger partial charge is 0.489 e. The number of halogens is 1. The molecule has 19 heavy (non-hydrogen) atoms. The monoisotopic (exact) mass is 259 g/mol. The van der Waals surface area contributed by atoms with Crippen LogP contribution in [0.4, 0.5) is 4.39 Å². The second-order valence-electron chi connectivity index (χ2n) is 4.75. The topological polar surface area (TPSA) is 35.2 Å². The minimum atomic E-state index is -0.323. The van der Waals surface area contributed by atoms with Crippen molar-refractivity contribution in [3.05, 3.63) is 65.0 Å². The molecule has 0 saturated carbocycles. The number of hydrogen-bond donors (Lipinski definition) is 1. The van der Waals surface area contributed by atoms with Crippen LogP contribution in [0.3, 0.4) is 0 Å². The summed E-state index contributed by atoms with van der Waals surface area (Å²) in [7, 11) is 0. The van der Waals surface area contributed by atoms with E-state index in [2.05, 4.69) is 0 Å². The fraction of sp³-hybridized carbons (Fsp3) is 0.250. The van der Waals surface area contributed by atoms with E-state index in [1.807, 2.05) is 31.2 Å². The van der Waals surface area contributed by atoms with Gasteiger partial charge in [-0.05, 0) is 25.5 Å². The Labute approximate surface area is 113 Å². The van der Waals surface area contributed by atoms with E-state index in [4.69, 9.17) is 10.5 Å². The number of rotatable bonds is 4. The van der Waals surface area contributed by atoms with Crippen LogP contribution >= 0.6 is 0 Å². The summed E-state index contributed by atoms with van der Waals surface area (Å²) in [5, 5.41) is 0. The Kier molecular flexibility index (Phi) is 4.17. The quantitative estimate of drug-likeness (QED) is 0.908. The predicted octanol–water partition coefficient (Wildman–Crippen LogP) is 3.73. The van der Waals surface area contributed by atoms with Crippen LogP contribution in [0.2, 0.25) is 0 Å². The van der Waals surface area contributed by atoms with Crippen molar-refractivity contribution in [3.63, 3.8) is 0 Å². The van der Waals surface area contributed by atoms with Gasteiger partial charge in [-0.25, -0.2) is 4.39 Å². The molecule has 3 heteroatoms. The van der Waals surface area contributed by atoms with Crippen molar-refractivity contribution in [1.82, 2.24) is 0 Å². The molecule has 0 aliphatic rings. The van der Waals surface area contributed by atoms with Crippen molar-refractivity contribution < 1.29 is 9.13 Å². The third kappa shape index (κ3) is 3.55. The van der Waals surface area contributed by atoms with Gasteiger partial charge in [-0.3, -0.25) is 0 Å². The average Bonchev–Trinajstić information content (AvgIpc) is 2.37. The molecule has 100 valence electrons. The van der Waals surface area contributed by atoms with Crippen LogP contribution in [0.1, 0.15) is 29.7 Å². The van der Waals surface area contributed by atoms with Crippen LogP contribution in [0.25, 0.3) is 0 Å². The lowest BCUT2D eigenvalue weighted by molar-refractivity contribution is 0.304. The first-order valence-electron chi connectivity index (χ1n) is 6.29. The van der Waals surface area contributed by atoms with E-state index in [0.717, 1.165) is 5.56 Å². The molecule has 0 bridgehead atoms. The Bertz CT molecular complexity index is 549. The zero-order valence-electron chi connectivity index (χ0n) is 11.2. The Morgan fingerprint density at radius 1 is 1.16 bits per heavy atom. The van der Waals surface area contributed by atoms with E-state index in [0.29, 0.717) is 17.9 Å². The Balaban J connectivity index is 2.04. The van der Waals surface area contributed by atoms with Gasteiger partial charge in [-0.2, -0.15) is 0 Å². The van der Waals surface area contributed by atoms with E-state index < -0.39 is 0 Å². The second kappa shape index (κ2) is 5.85. The van der Waals surface area contributed by atoms with Gasteiger partial charge in [0, 0.05) is 17.7 Å². The lowest BCUT2D eigenvalue weighted by Gasteiger charge is -2.10. The fourth-order valence-electron chi connectivity index (χ4n) is 1.82. The third-order valence-electron chi connectivity index (χ3n) is 2.99. The summed E-state index contributed by atoms with van der Waals surface area (Å²) in [6.07, 6.45) is 0. The van der Waals surface area contributed by atoms with Crippen LogP contribution in [0.15, 0.2) is 42.5 Å². The molecule has 0 amide bonds. The lowest BCUT2D eigenvalue weighted by Crippen LogP contribution is -2.07. The van der Waals surface area contributed by atoms with Crippen molar-refractivity contribution >= 4 is 0 Å². The molecule has 0 aliphatic carbocycles. The second-order valence-corrected chi connectivity index (χ2v) is 4.75. The average molecular weight is 259 g/mol. The van der Waals surface area contributed by atoms with E-state index >= 15 is 0 Å². The molecule has 0 spiro atoms. The van der Waals surface area contributed by atoms with Gasteiger partial charge in [0.05, 0.1) is 0 Å². The molecule has 0 radical (unpaired) electrons. The van der Waals surface area contributed by atoms with Crippen LogP contribution < -0.4 is 10.5 Å². The fourth-order valence-corrected chi connectivity index (χ4v) is 1.82. The molecule has 0 heterocycles. The molecular formula is C16H18FNO. The standard InChI is InChI=1S/C16H18FNO/c1-11-3-5-13(6-4-11)10-19-14-7-8-15(12(2)18)16(17)9-14/h3-9,12H,10,18H2,1-2H3/t12-/m0/s1. The molecule has 0 aliphatic heterocycles. The molecule has 0 fully saturated rings. The molecule has 0 unspecified atom stereocenters. The molecule has 2 aromatic carbocycles. The first kappa shape index (κ1) is 13.6. The van der Waals surface area contributed by atoms with Gasteiger partial charge < -0.3 is 10.5 Å². The predicted molar refractivity (Wildman–Crippen MR) is 74.5 cm³/mol. The van der Waals surface area contributed by atoms with Crippen LogP contribution in [0.5, 0.6) is 5.75 Å². The molecule has 2 rings (SSSR count). The molecular weight excluding hydrogens is 241 g/mol. The maximum atomic E-state index is 13.7. The summed E-state index contributed by atoms with van der Waals surface area (Å²) in [5.74, 6) is 0.193. The van der Waals surface area contributed by atoms with Crippen LogP contribution in [-0.4, -0.2) is 0 Å². The zero-order chi connectivity index (χ0) is 13.8. The smallest absolute Gasteiger partial charge is 0.131 e. The van der Waals surface area contributed by atoms with E-state index in [1.54, 1.807) is 19.1 Å². The maximum Gasteiger partial charge on any atom is 0.131 e. The van der Waals surface area contributed by atoms with Gasteiger partial charge in [0.2, 0.25) is 0 Å². The highest BCUT2D eigenvalue weighted by Gasteiger charge is 2.08. The van der Waals surface area contributed by atoms with E-state index in [9.17, 15) is 4.39 Å². The molecule has 2 aromatic rings. The normalized spacial score (nSPS) is 12.2. The van der Waals surface area contributed by atoms with Gasteiger partial charge in [-0.1, -0.05) is 35.9 Å². The molecule has 2 nitrogen and oxygen atoms in total.